The van der Waals surface area contributed by atoms with Crippen molar-refractivity contribution in [3.05, 3.63) is 71.3 Å². The average molecular weight is 251 g/mol. The van der Waals surface area contributed by atoms with Crippen molar-refractivity contribution in [2.24, 2.45) is 0 Å². The monoisotopic (exact) mass is 251 g/mol. The van der Waals surface area contributed by atoms with Crippen LogP contribution in [0.2, 0.25) is 0 Å². The van der Waals surface area contributed by atoms with Gasteiger partial charge in [0.25, 0.3) is 0 Å². The molecule has 0 heterocycles. The van der Waals surface area contributed by atoms with Crippen LogP contribution < -0.4 is 0 Å². The maximum Gasteiger partial charge on any atom is 0.335 e. The molecule has 0 spiro atoms. The van der Waals surface area contributed by atoms with Crippen molar-refractivity contribution in [2.45, 2.75) is 12.3 Å². The number of carboxylic acids is 1. The second-order valence-electron chi connectivity index (χ2n) is 4.26. The van der Waals surface area contributed by atoms with Crippen LogP contribution in [0.5, 0.6) is 0 Å². The van der Waals surface area contributed by atoms with E-state index in [0.29, 0.717) is 12.0 Å². The lowest BCUT2D eigenvalue weighted by molar-refractivity contribution is 0.0695. The topological polar surface area (TPSA) is 61.1 Å². The molecule has 3 nitrogen and oxygen atoms in total. The molecule has 0 saturated heterocycles. The first kappa shape index (κ1) is 12.8. The van der Waals surface area contributed by atoms with Gasteiger partial charge >= 0.3 is 5.97 Å². The molecule has 2 rings (SSSR count). The van der Waals surface area contributed by atoms with Crippen molar-refractivity contribution >= 4 is 5.97 Å². The molecule has 94 valence electrons. The molecule has 0 radical (unpaired) electrons. The minimum atomic E-state index is -0.958. The van der Waals surface area contributed by atoms with Gasteiger partial charge in [-0.2, -0.15) is 5.26 Å². The van der Waals surface area contributed by atoms with Crippen molar-refractivity contribution in [1.29, 1.82) is 5.26 Å². The standard InChI is InChI=1S/C16H13NO2/c17-11-14(12-6-2-1-3-7-12)10-13-8-4-5-9-15(13)16(18)19/h1-9,14H,10H2,(H,18,19)/t14-/m0/s1. The minimum Gasteiger partial charge on any atom is -0.478 e. The van der Waals surface area contributed by atoms with Crippen LogP contribution in [0.25, 0.3) is 0 Å². The van der Waals surface area contributed by atoms with E-state index in [1.165, 1.54) is 0 Å². The maximum absolute atomic E-state index is 11.1. The third-order valence-corrected chi connectivity index (χ3v) is 3.03. The third kappa shape index (κ3) is 2.99. The van der Waals surface area contributed by atoms with Crippen LogP contribution in [0, 0.1) is 11.3 Å². The Kier molecular flexibility index (Phi) is 3.94. The van der Waals surface area contributed by atoms with Crippen molar-refractivity contribution in [3.8, 4) is 6.07 Å². The first-order valence-corrected chi connectivity index (χ1v) is 5.98. The molecule has 0 aliphatic heterocycles. The summed E-state index contributed by atoms with van der Waals surface area (Å²) in [7, 11) is 0. The van der Waals surface area contributed by atoms with Gasteiger partial charge in [0.05, 0.1) is 17.6 Å². The summed E-state index contributed by atoms with van der Waals surface area (Å²) in [5.74, 6) is -1.29. The molecule has 0 aliphatic carbocycles. The zero-order chi connectivity index (χ0) is 13.7. The second-order valence-corrected chi connectivity index (χ2v) is 4.26. The highest BCUT2D eigenvalue weighted by Gasteiger charge is 2.15. The lowest BCUT2D eigenvalue weighted by atomic mass is 9.91. The number of hydrogen-bond donors (Lipinski definition) is 1. The van der Waals surface area contributed by atoms with Gasteiger partial charge in [0.2, 0.25) is 0 Å². The van der Waals surface area contributed by atoms with Crippen molar-refractivity contribution in [2.75, 3.05) is 0 Å². The van der Waals surface area contributed by atoms with Crippen molar-refractivity contribution < 1.29 is 9.90 Å². The molecule has 1 N–H and O–H groups in total. The molecular weight excluding hydrogens is 238 g/mol. The highest BCUT2D eigenvalue weighted by Crippen LogP contribution is 2.22. The Hall–Kier alpha value is -2.60. The van der Waals surface area contributed by atoms with Gasteiger partial charge in [-0.05, 0) is 23.6 Å². The SMILES string of the molecule is N#C[C@H](Cc1ccccc1C(=O)O)c1ccccc1. The zero-order valence-electron chi connectivity index (χ0n) is 10.3. The number of nitriles is 1. The number of rotatable bonds is 4. The maximum atomic E-state index is 11.1. The van der Waals surface area contributed by atoms with Gasteiger partial charge in [0.1, 0.15) is 0 Å². The highest BCUT2D eigenvalue weighted by atomic mass is 16.4. The van der Waals surface area contributed by atoms with Gasteiger partial charge in [-0.3, -0.25) is 0 Å². The molecule has 0 aromatic heterocycles. The highest BCUT2D eigenvalue weighted by molar-refractivity contribution is 5.89. The van der Waals surface area contributed by atoms with E-state index in [-0.39, 0.29) is 11.5 Å². The van der Waals surface area contributed by atoms with Crippen LogP contribution in [0.4, 0.5) is 0 Å². The molecule has 0 saturated carbocycles. The van der Waals surface area contributed by atoms with Gasteiger partial charge in [0.15, 0.2) is 0 Å². The van der Waals surface area contributed by atoms with Crippen LogP contribution in [0.1, 0.15) is 27.4 Å². The molecule has 0 aliphatic rings. The number of hydrogen-bond acceptors (Lipinski definition) is 2. The van der Waals surface area contributed by atoms with E-state index in [1.54, 1.807) is 24.3 Å². The quantitative estimate of drug-likeness (QED) is 0.907. The van der Waals surface area contributed by atoms with E-state index in [2.05, 4.69) is 6.07 Å². The number of carbonyl (C=O) groups is 1. The molecule has 3 heteroatoms. The predicted octanol–water partition coefficient (Wildman–Crippen LogP) is 3.23. The summed E-state index contributed by atoms with van der Waals surface area (Å²) in [6.45, 7) is 0. The van der Waals surface area contributed by atoms with Crippen LogP contribution >= 0.6 is 0 Å². The van der Waals surface area contributed by atoms with Gasteiger partial charge < -0.3 is 5.11 Å². The molecule has 19 heavy (non-hydrogen) atoms. The fourth-order valence-corrected chi connectivity index (χ4v) is 2.05. The van der Waals surface area contributed by atoms with Crippen LogP contribution in [0.3, 0.4) is 0 Å². The second kappa shape index (κ2) is 5.83. The Labute approximate surface area is 111 Å². The largest absolute Gasteiger partial charge is 0.478 e. The Morgan fingerprint density at radius 3 is 2.37 bits per heavy atom. The lowest BCUT2D eigenvalue weighted by Crippen LogP contribution is -2.06. The molecular formula is C16H13NO2. The Morgan fingerprint density at radius 2 is 1.74 bits per heavy atom. The van der Waals surface area contributed by atoms with Crippen molar-refractivity contribution in [1.82, 2.24) is 0 Å². The van der Waals surface area contributed by atoms with E-state index in [9.17, 15) is 10.1 Å². The molecule has 1 atom stereocenters. The average Bonchev–Trinajstić information content (AvgIpc) is 2.46. The van der Waals surface area contributed by atoms with Gasteiger partial charge in [0, 0.05) is 0 Å². The number of nitrogens with zero attached hydrogens (tertiary/aromatic N) is 1. The molecule has 0 bridgehead atoms. The summed E-state index contributed by atoms with van der Waals surface area (Å²) in [6.07, 6.45) is 0.406. The Bertz CT molecular complexity index is 614. The van der Waals surface area contributed by atoms with E-state index in [0.717, 1.165) is 5.56 Å². The predicted molar refractivity (Wildman–Crippen MR) is 71.9 cm³/mol. The summed E-state index contributed by atoms with van der Waals surface area (Å²) >= 11 is 0. The van der Waals surface area contributed by atoms with Gasteiger partial charge in [-0.15, -0.1) is 0 Å². The van der Waals surface area contributed by atoms with E-state index >= 15 is 0 Å². The Balaban J connectivity index is 2.30. The molecule has 0 fully saturated rings. The van der Waals surface area contributed by atoms with E-state index < -0.39 is 5.97 Å². The van der Waals surface area contributed by atoms with Gasteiger partial charge in [-0.1, -0.05) is 48.5 Å². The summed E-state index contributed by atoms with van der Waals surface area (Å²) in [6, 6.07) is 18.5. The molecule has 2 aromatic rings. The lowest BCUT2D eigenvalue weighted by Gasteiger charge is -2.11. The molecule has 0 unspecified atom stereocenters. The summed E-state index contributed by atoms with van der Waals surface area (Å²) < 4.78 is 0. The summed E-state index contributed by atoms with van der Waals surface area (Å²) in [4.78, 5) is 11.1. The normalized spacial score (nSPS) is 11.5. The number of aromatic carboxylic acids is 1. The fourth-order valence-electron chi connectivity index (χ4n) is 2.05. The first-order valence-electron chi connectivity index (χ1n) is 5.98. The van der Waals surface area contributed by atoms with Crippen LogP contribution in [-0.2, 0) is 6.42 Å². The van der Waals surface area contributed by atoms with E-state index in [4.69, 9.17) is 5.11 Å². The molecule has 2 aromatic carbocycles. The van der Waals surface area contributed by atoms with Gasteiger partial charge in [-0.25, -0.2) is 4.79 Å². The summed E-state index contributed by atoms with van der Waals surface area (Å²) in [5, 5.41) is 18.4. The number of benzene rings is 2. The molecule has 0 amide bonds. The third-order valence-electron chi connectivity index (χ3n) is 3.03. The Morgan fingerprint density at radius 1 is 1.11 bits per heavy atom. The minimum absolute atomic E-state index is 0.263. The fraction of sp³-hybridized carbons (Fsp3) is 0.125. The van der Waals surface area contributed by atoms with Crippen LogP contribution in [0.15, 0.2) is 54.6 Å². The van der Waals surface area contributed by atoms with E-state index in [1.807, 2.05) is 30.3 Å². The number of carboxylic acid groups (broad SMARTS) is 1. The zero-order valence-corrected chi connectivity index (χ0v) is 10.3. The smallest absolute Gasteiger partial charge is 0.335 e. The van der Waals surface area contributed by atoms with Crippen molar-refractivity contribution in [3.63, 3.8) is 0 Å². The summed E-state index contributed by atoms with van der Waals surface area (Å²) in [5.41, 5.74) is 1.86. The first-order chi connectivity index (χ1) is 9.22. The van der Waals surface area contributed by atoms with Crippen LogP contribution in [-0.4, -0.2) is 11.1 Å².